The molecule has 0 aromatic heterocycles. The highest BCUT2D eigenvalue weighted by molar-refractivity contribution is 5.27. The highest BCUT2D eigenvalue weighted by Gasteiger charge is 2.15. The van der Waals surface area contributed by atoms with Gasteiger partial charge >= 0.3 is 0 Å². The second-order valence-corrected chi connectivity index (χ2v) is 4.78. The molecule has 1 aliphatic heterocycles. The smallest absolute Gasteiger partial charge is 0.0919 e. The molecule has 1 aromatic carbocycles. The van der Waals surface area contributed by atoms with E-state index in [4.69, 9.17) is 0 Å². The van der Waals surface area contributed by atoms with E-state index in [1.54, 1.807) is 0 Å². The molecule has 0 spiro atoms. The Morgan fingerprint density at radius 1 is 1.29 bits per heavy atom. The number of nitrogens with one attached hydrogen (secondary N) is 1. The van der Waals surface area contributed by atoms with Crippen molar-refractivity contribution in [3.05, 3.63) is 35.4 Å². The van der Waals surface area contributed by atoms with Crippen molar-refractivity contribution in [1.29, 1.82) is 0 Å². The Balaban J connectivity index is 1.96. The number of hydrogen-bond donors (Lipinski definition) is 2. The predicted octanol–water partition coefficient (Wildman–Crippen LogP) is 1.32. The van der Waals surface area contributed by atoms with Crippen molar-refractivity contribution in [3.63, 3.8) is 0 Å². The molecular formula is C14H22N2O. The summed E-state index contributed by atoms with van der Waals surface area (Å²) in [6, 6.07) is 8.09. The molecule has 1 saturated heterocycles. The Morgan fingerprint density at radius 2 is 2.12 bits per heavy atom. The molecule has 1 fully saturated rings. The Labute approximate surface area is 103 Å². The van der Waals surface area contributed by atoms with Crippen LogP contribution in [0.2, 0.25) is 0 Å². The van der Waals surface area contributed by atoms with E-state index in [1.165, 1.54) is 12.0 Å². The van der Waals surface area contributed by atoms with Gasteiger partial charge in [-0.25, -0.2) is 0 Å². The maximum atomic E-state index is 10.3. The van der Waals surface area contributed by atoms with Crippen LogP contribution >= 0.6 is 0 Å². The summed E-state index contributed by atoms with van der Waals surface area (Å²) < 4.78 is 0. The van der Waals surface area contributed by atoms with Crippen molar-refractivity contribution in [1.82, 2.24) is 10.2 Å². The normalized spacial score (nSPS) is 19.9. The first kappa shape index (κ1) is 12.6. The number of β-amino-alcohol motifs (C(OH)–C–C–N with tert-alkyl or cyclic N) is 1. The first-order valence-electron chi connectivity index (χ1n) is 6.44. The Morgan fingerprint density at radius 3 is 2.94 bits per heavy atom. The summed E-state index contributed by atoms with van der Waals surface area (Å²) >= 11 is 0. The van der Waals surface area contributed by atoms with Crippen LogP contribution in [0.4, 0.5) is 0 Å². The standard InChI is InChI=1S/C14H22N2O/c1-12-5-2-3-6-13(12)14(17)11-16-9-4-7-15-8-10-16/h2-3,5-6,14-15,17H,4,7-11H2,1H3. The van der Waals surface area contributed by atoms with Crippen molar-refractivity contribution < 1.29 is 5.11 Å². The lowest BCUT2D eigenvalue weighted by atomic mass is 10.0. The molecule has 1 heterocycles. The quantitative estimate of drug-likeness (QED) is 0.828. The molecule has 1 unspecified atom stereocenters. The van der Waals surface area contributed by atoms with E-state index < -0.39 is 0 Å². The van der Waals surface area contributed by atoms with Gasteiger partial charge in [0, 0.05) is 19.6 Å². The van der Waals surface area contributed by atoms with Crippen molar-refractivity contribution in [3.8, 4) is 0 Å². The summed E-state index contributed by atoms with van der Waals surface area (Å²) in [5, 5.41) is 13.7. The van der Waals surface area contributed by atoms with Gasteiger partial charge in [0.15, 0.2) is 0 Å². The topological polar surface area (TPSA) is 35.5 Å². The molecule has 2 N–H and O–H groups in total. The number of rotatable bonds is 3. The summed E-state index contributed by atoms with van der Waals surface area (Å²) in [5.74, 6) is 0. The van der Waals surface area contributed by atoms with Crippen molar-refractivity contribution >= 4 is 0 Å². The van der Waals surface area contributed by atoms with Crippen molar-refractivity contribution in [2.24, 2.45) is 0 Å². The van der Waals surface area contributed by atoms with Crippen LogP contribution in [0.5, 0.6) is 0 Å². The molecule has 0 aliphatic carbocycles. The minimum absolute atomic E-state index is 0.366. The van der Waals surface area contributed by atoms with Crippen LogP contribution in [0.15, 0.2) is 24.3 Å². The predicted molar refractivity (Wildman–Crippen MR) is 70.1 cm³/mol. The lowest BCUT2D eigenvalue weighted by Gasteiger charge is -2.23. The van der Waals surface area contributed by atoms with Crippen LogP contribution < -0.4 is 5.32 Å². The highest BCUT2D eigenvalue weighted by Crippen LogP contribution is 2.18. The minimum Gasteiger partial charge on any atom is -0.387 e. The summed E-state index contributed by atoms with van der Waals surface area (Å²) in [6.07, 6.45) is 0.801. The van der Waals surface area contributed by atoms with E-state index in [0.29, 0.717) is 0 Å². The molecule has 94 valence electrons. The zero-order valence-corrected chi connectivity index (χ0v) is 10.5. The van der Waals surface area contributed by atoms with Crippen LogP contribution in [0.1, 0.15) is 23.7 Å². The van der Waals surface area contributed by atoms with Gasteiger partial charge in [0.25, 0.3) is 0 Å². The van der Waals surface area contributed by atoms with Crippen LogP contribution in [0.25, 0.3) is 0 Å². The Kier molecular flexibility index (Phi) is 4.54. The van der Waals surface area contributed by atoms with Gasteiger partial charge in [-0.3, -0.25) is 4.90 Å². The average Bonchev–Trinajstić information content (AvgIpc) is 2.58. The fourth-order valence-corrected chi connectivity index (χ4v) is 2.39. The first-order chi connectivity index (χ1) is 8.27. The second-order valence-electron chi connectivity index (χ2n) is 4.78. The molecule has 3 nitrogen and oxygen atoms in total. The third-order valence-corrected chi connectivity index (χ3v) is 3.41. The van der Waals surface area contributed by atoms with Gasteiger partial charge in [-0.05, 0) is 37.6 Å². The Bertz CT molecular complexity index is 346. The lowest BCUT2D eigenvalue weighted by Crippen LogP contribution is -2.32. The maximum absolute atomic E-state index is 10.3. The molecular weight excluding hydrogens is 212 g/mol. The van der Waals surface area contributed by atoms with Gasteiger partial charge in [0.1, 0.15) is 0 Å². The molecule has 0 radical (unpaired) electrons. The van der Waals surface area contributed by atoms with Gasteiger partial charge in [0.05, 0.1) is 6.10 Å². The molecule has 0 amide bonds. The van der Waals surface area contributed by atoms with E-state index in [2.05, 4.69) is 23.2 Å². The molecule has 1 aliphatic rings. The van der Waals surface area contributed by atoms with Crippen molar-refractivity contribution in [2.75, 3.05) is 32.7 Å². The number of aliphatic hydroxyl groups is 1. The third kappa shape index (κ3) is 3.53. The fourth-order valence-electron chi connectivity index (χ4n) is 2.39. The monoisotopic (exact) mass is 234 g/mol. The molecule has 3 heteroatoms. The molecule has 1 atom stereocenters. The molecule has 17 heavy (non-hydrogen) atoms. The molecule has 0 saturated carbocycles. The SMILES string of the molecule is Cc1ccccc1C(O)CN1CCCNCC1. The number of hydrogen-bond acceptors (Lipinski definition) is 3. The van der Waals surface area contributed by atoms with Crippen LogP contribution in [-0.4, -0.2) is 42.7 Å². The number of aliphatic hydroxyl groups excluding tert-OH is 1. The van der Waals surface area contributed by atoms with Gasteiger partial charge in [-0.2, -0.15) is 0 Å². The first-order valence-corrected chi connectivity index (χ1v) is 6.44. The van der Waals surface area contributed by atoms with Gasteiger partial charge < -0.3 is 10.4 Å². The molecule has 2 rings (SSSR count). The van der Waals surface area contributed by atoms with E-state index in [0.717, 1.165) is 38.3 Å². The number of benzene rings is 1. The van der Waals surface area contributed by atoms with Gasteiger partial charge in [0.2, 0.25) is 0 Å². The van der Waals surface area contributed by atoms with E-state index >= 15 is 0 Å². The number of aryl methyl sites for hydroxylation is 1. The van der Waals surface area contributed by atoms with Crippen LogP contribution in [0.3, 0.4) is 0 Å². The van der Waals surface area contributed by atoms with Gasteiger partial charge in [-0.1, -0.05) is 24.3 Å². The fraction of sp³-hybridized carbons (Fsp3) is 0.571. The zero-order valence-electron chi connectivity index (χ0n) is 10.5. The average molecular weight is 234 g/mol. The molecule has 0 bridgehead atoms. The minimum atomic E-state index is -0.366. The second kappa shape index (κ2) is 6.15. The van der Waals surface area contributed by atoms with Crippen molar-refractivity contribution in [2.45, 2.75) is 19.4 Å². The van der Waals surface area contributed by atoms with E-state index in [1.807, 2.05) is 18.2 Å². The summed E-state index contributed by atoms with van der Waals surface area (Å²) in [4.78, 5) is 2.34. The largest absolute Gasteiger partial charge is 0.387 e. The van der Waals surface area contributed by atoms with E-state index in [9.17, 15) is 5.11 Å². The number of nitrogens with zero attached hydrogens (tertiary/aromatic N) is 1. The lowest BCUT2D eigenvalue weighted by molar-refractivity contribution is 0.116. The maximum Gasteiger partial charge on any atom is 0.0919 e. The van der Waals surface area contributed by atoms with E-state index in [-0.39, 0.29) is 6.10 Å². The van der Waals surface area contributed by atoms with Crippen LogP contribution in [0, 0.1) is 6.92 Å². The zero-order chi connectivity index (χ0) is 12.1. The molecule has 1 aromatic rings. The summed E-state index contributed by atoms with van der Waals surface area (Å²) in [6.45, 7) is 7.03. The Hall–Kier alpha value is -0.900. The van der Waals surface area contributed by atoms with Gasteiger partial charge in [-0.15, -0.1) is 0 Å². The summed E-state index contributed by atoms with van der Waals surface area (Å²) in [5.41, 5.74) is 2.23. The van der Waals surface area contributed by atoms with Crippen LogP contribution in [-0.2, 0) is 0 Å². The third-order valence-electron chi connectivity index (χ3n) is 3.41. The summed E-state index contributed by atoms with van der Waals surface area (Å²) in [7, 11) is 0. The highest BCUT2D eigenvalue weighted by atomic mass is 16.3.